The minimum absolute atomic E-state index is 0.0628. The highest BCUT2D eigenvalue weighted by atomic mass is 35.5. The number of esters is 1. The lowest BCUT2D eigenvalue weighted by Gasteiger charge is -2.52. The van der Waals surface area contributed by atoms with Crippen molar-refractivity contribution in [3.05, 3.63) is 47.3 Å². The zero-order valence-electron chi connectivity index (χ0n) is 15.3. The smallest absolute Gasteiger partial charge is 0.318 e. The number of benzene rings is 1. The van der Waals surface area contributed by atoms with E-state index in [-0.39, 0.29) is 12.1 Å². The topological polar surface area (TPSA) is 47.4 Å². The predicted octanol–water partition coefficient (Wildman–Crippen LogP) is 4.93. The van der Waals surface area contributed by atoms with Crippen molar-refractivity contribution in [3.8, 4) is 11.3 Å². The third-order valence-electron chi connectivity index (χ3n) is 6.14. The molecule has 3 heterocycles. The largest absolute Gasteiger partial charge is 0.465 e. The van der Waals surface area contributed by atoms with E-state index in [9.17, 15) is 4.79 Å². The third kappa shape index (κ3) is 2.30. The number of halogens is 1. The number of nitrogens with zero attached hydrogens (tertiary/aromatic N) is 3. The molecule has 2 atom stereocenters. The Morgan fingerprint density at radius 3 is 3.11 bits per heavy atom. The van der Waals surface area contributed by atoms with Gasteiger partial charge in [-0.15, -0.1) is 0 Å². The standard InChI is InChI=1S/C21H22ClN3O2/c1-2-27-20(26)21-10-4-3-5-18(21)24-17-13-14(22)6-7-15(17)16-9-12-23-25(16)19(24)8-11-21/h5-7,9,12-13,19H,2-4,8,10-11H2,1H3/t19-,21-/m1/s1. The van der Waals surface area contributed by atoms with Crippen molar-refractivity contribution in [2.75, 3.05) is 11.5 Å². The Kier molecular flexibility index (Phi) is 3.83. The van der Waals surface area contributed by atoms with E-state index in [1.165, 1.54) is 0 Å². The van der Waals surface area contributed by atoms with Gasteiger partial charge in [0.25, 0.3) is 0 Å². The zero-order valence-corrected chi connectivity index (χ0v) is 16.1. The normalized spacial score (nSPS) is 25.6. The molecular weight excluding hydrogens is 362 g/mol. The SMILES string of the molecule is CCOC(=O)[C@@]12CCCC=C1N1c3cc(Cl)ccc3-c3ccnn3[C@@H]1CC2. The van der Waals surface area contributed by atoms with E-state index in [0.717, 1.165) is 54.7 Å². The fourth-order valence-corrected chi connectivity index (χ4v) is 5.17. The minimum Gasteiger partial charge on any atom is -0.465 e. The Balaban J connectivity index is 1.71. The van der Waals surface area contributed by atoms with Crippen LogP contribution in [0, 0.1) is 5.41 Å². The zero-order chi connectivity index (χ0) is 18.6. The molecule has 3 aliphatic rings. The lowest BCUT2D eigenvalue weighted by atomic mass is 9.69. The lowest BCUT2D eigenvalue weighted by Crippen LogP contribution is -2.51. The average Bonchev–Trinajstić information content (AvgIpc) is 3.17. The van der Waals surface area contributed by atoms with Crippen molar-refractivity contribution >= 4 is 23.3 Å². The third-order valence-corrected chi connectivity index (χ3v) is 6.37. The van der Waals surface area contributed by atoms with Crippen molar-refractivity contribution in [3.63, 3.8) is 0 Å². The summed E-state index contributed by atoms with van der Waals surface area (Å²) in [6.07, 6.45) is 8.59. The molecule has 2 aromatic rings. The maximum atomic E-state index is 13.1. The van der Waals surface area contributed by atoms with Crippen molar-refractivity contribution in [2.45, 2.75) is 45.2 Å². The number of aromatic nitrogens is 2. The van der Waals surface area contributed by atoms with Gasteiger partial charge in [-0.25, -0.2) is 4.68 Å². The van der Waals surface area contributed by atoms with Gasteiger partial charge < -0.3 is 9.64 Å². The lowest BCUT2D eigenvalue weighted by molar-refractivity contribution is -0.155. The number of carbonyl (C=O) groups is 1. The molecule has 0 spiro atoms. The molecule has 5 rings (SSSR count). The fraction of sp³-hybridized carbons (Fsp3) is 0.429. The van der Waals surface area contributed by atoms with Gasteiger partial charge in [-0.1, -0.05) is 17.7 Å². The van der Waals surface area contributed by atoms with E-state index >= 15 is 0 Å². The van der Waals surface area contributed by atoms with Crippen LogP contribution in [0.2, 0.25) is 5.02 Å². The second-order valence-corrected chi connectivity index (χ2v) is 7.93. The molecule has 1 fully saturated rings. The number of hydrogen-bond donors (Lipinski definition) is 0. The molecule has 0 saturated carbocycles. The van der Waals surface area contributed by atoms with Crippen LogP contribution in [0.25, 0.3) is 11.3 Å². The second-order valence-electron chi connectivity index (χ2n) is 7.50. The first-order valence-corrected chi connectivity index (χ1v) is 10.0. The van der Waals surface area contributed by atoms with E-state index in [4.69, 9.17) is 16.3 Å². The molecular formula is C21H22ClN3O2. The Bertz CT molecular complexity index is 951. The summed E-state index contributed by atoms with van der Waals surface area (Å²) in [5, 5.41) is 5.30. The van der Waals surface area contributed by atoms with Crippen LogP contribution in [0.15, 0.2) is 42.2 Å². The van der Waals surface area contributed by atoms with Crippen LogP contribution in [0.1, 0.15) is 45.2 Å². The van der Waals surface area contributed by atoms with Gasteiger partial charge >= 0.3 is 5.97 Å². The molecule has 2 aliphatic heterocycles. The molecule has 140 valence electrons. The number of allylic oxidation sites excluding steroid dienone is 1. The van der Waals surface area contributed by atoms with Crippen LogP contribution in [0.4, 0.5) is 5.69 Å². The number of anilines is 1. The number of hydrogen-bond acceptors (Lipinski definition) is 4. The Morgan fingerprint density at radius 2 is 2.26 bits per heavy atom. The predicted molar refractivity (Wildman–Crippen MR) is 104 cm³/mol. The van der Waals surface area contributed by atoms with Crippen LogP contribution >= 0.6 is 11.6 Å². The Hall–Kier alpha value is -2.27. The number of rotatable bonds is 2. The van der Waals surface area contributed by atoms with Crippen molar-refractivity contribution < 1.29 is 9.53 Å². The van der Waals surface area contributed by atoms with Crippen molar-refractivity contribution in [1.29, 1.82) is 0 Å². The van der Waals surface area contributed by atoms with Gasteiger partial charge in [0.1, 0.15) is 11.6 Å². The highest BCUT2D eigenvalue weighted by molar-refractivity contribution is 6.31. The van der Waals surface area contributed by atoms with Gasteiger partial charge in [0, 0.05) is 22.5 Å². The number of carbonyl (C=O) groups excluding carboxylic acids is 1. The summed E-state index contributed by atoms with van der Waals surface area (Å²) < 4.78 is 7.62. The first kappa shape index (κ1) is 16.9. The maximum Gasteiger partial charge on any atom is 0.318 e. The molecule has 27 heavy (non-hydrogen) atoms. The van der Waals surface area contributed by atoms with Crippen LogP contribution in [0.5, 0.6) is 0 Å². The Morgan fingerprint density at radius 1 is 1.37 bits per heavy atom. The molecule has 1 aromatic carbocycles. The van der Waals surface area contributed by atoms with Crippen molar-refractivity contribution in [1.82, 2.24) is 9.78 Å². The first-order valence-electron chi connectivity index (χ1n) is 9.66. The molecule has 0 N–H and O–H groups in total. The van der Waals surface area contributed by atoms with Gasteiger partial charge in [0.15, 0.2) is 0 Å². The van der Waals surface area contributed by atoms with E-state index in [2.05, 4.69) is 20.8 Å². The van der Waals surface area contributed by atoms with Crippen LogP contribution in [0.3, 0.4) is 0 Å². The van der Waals surface area contributed by atoms with Gasteiger partial charge in [0.05, 0.1) is 18.0 Å². The molecule has 1 aromatic heterocycles. The molecule has 5 nitrogen and oxygen atoms in total. The van der Waals surface area contributed by atoms with Crippen molar-refractivity contribution in [2.24, 2.45) is 5.41 Å². The van der Waals surface area contributed by atoms with Gasteiger partial charge in [-0.2, -0.15) is 5.10 Å². The summed E-state index contributed by atoms with van der Waals surface area (Å²) in [5.74, 6) is -0.0933. The summed E-state index contributed by atoms with van der Waals surface area (Å²) in [4.78, 5) is 15.4. The number of piperidine rings is 1. The highest BCUT2D eigenvalue weighted by Gasteiger charge is 2.53. The summed E-state index contributed by atoms with van der Waals surface area (Å²) in [7, 11) is 0. The van der Waals surface area contributed by atoms with Crippen LogP contribution in [-0.2, 0) is 9.53 Å². The maximum absolute atomic E-state index is 13.1. The second kappa shape index (κ2) is 6.13. The van der Waals surface area contributed by atoms with E-state index in [1.807, 2.05) is 37.4 Å². The quantitative estimate of drug-likeness (QED) is 0.689. The van der Waals surface area contributed by atoms with E-state index < -0.39 is 5.41 Å². The molecule has 0 radical (unpaired) electrons. The fourth-order valence-electron chi connectivity index (χ4n) is 5.00. The highest BCUT2D eigenvalue weighted by Crippen LogP contribution is 2.56. The summed E-state index contributed by atoms with van der Waals surface area (Å²) in [5.41, 5.74) is 3.76. The summed E-state index contributed by atoms with van der Waals surface area (Å²) in [6, 6.07) is 8.02. The molecule has 0 unspecified atom stereocenters. The molecule has 0 amide bonds. The average molecular weight is 384 g/mol. The summed E-state index contributed by atoms with van der Waals surface area (Å²) >= 11 is 6.37. The van der Waals surface area contributed by atoms with Gasteiger partial charge in [-0.05, 0) is 63.3 Å². The van der Waals surface area contributed by atoms with E-state index in [0.29, 0.717) is 11.6 Å². The van der Waals surface area contributed by atoms with Gasteiger partial charge in [-0.3, -0.25) is 4.79 Å². The molecule has 1 saturated heterocycles. The van der Waals surface area contributed by atoms with Crippen LogP contribution in [-0.4, -0.2) is 22.4 Å². The molecule has 1 aliphatic carbocycles. The summed E-state index contributed by atoms with van der Waals surface area (Å²) in [6.45, 7) is 2.28. The Labute approximate surface area is 163 Å². The minimum atomic E-state index is -0.561. The van der Waals surface area contributed by atoms with Gasteiger partial charge in [0.2, 0.25) is 0 Å². The van der Waals surface area contributed by atoms with E-state index in [1.54, 1.807) is 0 Å². The number of fused-ring (bicyclic) bond motifs is 8. The molecule has 6 heteroatoms. The number of ether oxygens (including phenoxy) is 1. The first-order chi connectivity index (χ1) is 13.2. The van der Waals surface area contributed by atoms with Crippen LogP contribution < -0.4 is 4.90 Å². The monoisotopic (exact) mass is 383 g/mol. The molecule has 0 bridgehead atoms.